The molecule has 0 aromatic carbocycles. The van der Waals surface area contributed by atoms with E-state index in [9.17, 15) is 0 Å². The topological polar surface area (TPSA) is 86.8 Å². The molecule has 5 N–H and O–H groups in total. The van der Waals surface area contributed by atoms with Gasteiger partial charge in [-0.3, -0.25) is 0 Å². The summed E-state index contributed by atoms with van der Waals surface area (Å²) in [6, 6.07) is 2.34. The van der Waals surface area contributed by atoms with E-state index in [1.807, 2.05) is 6.07 Å². The van der Waals surface area contributed by atoms with Crippen LogP contribution in [0.15, 0.2) is 12.3 Å². The molecule has 1 unspecified atom stereocenters. The van der Waals surface area contributed by atoms with Crippen molar-refractivity contribution in [3.8, 4) is 0 Å². The molecule has 1 saturated heterocycles. The quantitative estimate of drug-likeness (QED) is 0.591. The van der Waals surface area contributed by atoms with Gasteiger partial charge in [-0.2, -0.15) is 0 Å². The Bertz CT molecular complexity index is 409. The Balaban J connectivity index is 2.10. The van der Waals surface area contributed by atoms with E-state index in [4.69, 9.17) is 11.1 Å². The molecule has 5 heteroatoms. The minimum atomic E-state index is 0.421. The van der Waals surface area contributed by atoms with Crippen molar-refractivity contribution in [3.05, 3.63) is 17.8 Å². The number of hydrogen-bond acceptors (Lipinski definition) is 5. The van der Waals surface area contributed by atoms with E-state index >= 15 is 0 Å². The Labute approximate surface area is 101 Å². The second kappa shape index (κ2) is 5.14. The number of hydrogen-bond donors (Lipinski definition) is 4. The fourth-order valence-corrected chi connectivity index (χ4v) is 2.07. The van der Waals surface area contributed by atoms with Crippen molar-refractivity contribution in [1.82, 2.24) is 10.3 Å². The second-order valence-electron chi connectivity index (χ2n) is 4.47. The first kappa shape index (κ1) is 11.9. The Morgan fingerprint density at radius 2 is 2.47 bits per heavy atom. The molecule has 1 aliphatic heterocycles. The first-order chi connectivity index (χ1) is 8.16. The summed E-state index contributed by atoms with van der Waals surface area (Å²) in [6.45, 7) is 3.80. The summed E-state index contributed by atoms with van der Waals surface area (Å²) in [4.78, 5) is 4.12. The summed E-state index contributed by atoms with van der Waals surface area (Å²) >= 11 is 0. The van der Waals surface area contributed by atoms with Crippen molar-refractivity contribution < 1.29 is 0 Å². The van der Waals surface area contributed by atoms with Gasteiger partial charge in [0.2, 0.25) is 0 Å². The lowest BCUT2D eigenvalue weighted by molar-refractivity contribution is 0.480. The predicted molar refractivity (Wildman–Crippen MR) is 70.7 cm³/mol. The van der Waals surface area contributed by atoms with Crippen LogP contribution in [0.1, 0.15) is 25.3 Å². The number of piperidine rings is 1. The molecule has 1 atom stereocenters. The van der Waals surface area contributed by atoms with Crippen LogP contribution < -0.4 is 16.4 Å². The summed E-state index contributed by atoms with van der Waals surface area (Å²) in [5.41, 5.74) is 7.82. The van der Waals surface area contributed by atoms with E-state index in [1.54, 1.807) is 13.1 Å². The molecule has 0 bridgehead atoms. The molecule has 0 saturated carbocycles. The minimum absolute atomic E-state index is 0.421. The standard InChI is InChI=1S/C12H19N5/c1-8(13)11-5-10(7-16-12(11)14)17-9-3-2-4-15-6-9/h5,7,9,13,15,17H,2-4,6H2,1H3,(H2,14,16). The Hall–Kier alpha value is -1.62. The Morgan fingerprint density at radius 1 is 1.65 bits per heavy atom. The Morgan fingerprint density at radius 3 is 3.12 bits per heavy atom. The van der Waals surface area contributed by atoms with Crippen LogP contribution in [0.2, 0.25) is 0 Å². The van der Waals surface area contributed by atoms with Crippen LogP contribution >= 0.6 is 0 Å². The van der Waals surface area contributed by atoms with Gasteiger partial charge in [0.1, 0.15) is 5.82 Å². The molecule has 1 aromatic heterocycles. The highest BCUT2D eigenvalue weighted by atomic mass is 15.0. The maximum absolute atomic E-state index is 7.63. The van der Waals surface area contributed by atoms with Gasteiger partial charge in [0.05, 0.1) is 11.9 Å². The number of nitrogens with one attached hydrogen (secondary N) is 3. The summed E-state index contributed by atoms with van der Waals surface area (Å²) in [7, 11) is 0. The number of aromatic nitrogens is 1. The first-order valence-electron chi connectivity index (χ1n) is 5.95. The van der Waals surface area contributed by atoms with Crippen LogP contribution in [-0.2, 0) is 0 Å². The van der Waals surface area contributed by atoms with Gasteiger partial charge in [-0.1, -0.05) is 0 Å². The van der Waals surface area contributed by atoms with Crippen LogP contribution in [0, 0.1) is 5.41 Å². The van der Waals surface area contributed by atoms with E-state index in [0.717, 1.165) is 25.2 Å². The van der Waals surface area contributed by atoms with Crippen molar-refractivity contribution in [2.75, 3.05) is 24.1 Å². The highest BCUT2D eigenvalue weighted by Crippen LogP contribution is 2.17. The normalized spacial score (nSPS) is 19.9. The van der Waals surface area contributed by atoms with Crippen molar-refractivity contribution in [1.29, 1.82) is 5.41 Å². The summed E-state index contributed by atoms with van der Waals surface area (Å²) in [6.07, 6.45) is 4.09. The maximum atomic E-state index is 7.63. The van der Waals surface area contributed by atoms with Gasteiger partial charge in [0.25, 0.3) is 0 Å². The zero-order valence-electron chi connectivity index (χ0n) is 10.1. The highest BCUT2D eigenvalue weighted by molar-refractivity contribution is 6.00. The molecule has 1 aliphatic rings. The van der Waals surface area contributed by atoms with Crippen molar-refractivity contribution in [3.63, 3.8) is 0 Å². The van der Waals surface area contributed by atoms with Crippen LogP contribution in [-0.4, -0.2) is 29.8 Å². The second-order valence-corrected chi connectivity index (χ2v) is 4.47. The smallest absolute Gasteiger partial charge is 0.132 e. The number of rotatable bonds is 3. The molecule has 92 valence electrons. The molecule has 1 aromatic rings. The average Bonchev–Trinajstić information content (AvgIpc) is 2.32. The van der Waals surface area contributed by atoms with E-state index in [0.29, 0.717) is 23.1 Å². The molecule has 2 rings (SSSR count). The van der Waals surface area contributed by atoms with Crippen LogP contribution in [0.3, 0.4) is 0 Å². The zero-order valence-corrected chi connectivity index (χ0v) is 10.1. The summed E-state index contributed by atoms with van der Waals surface area (Å²) < 4.78 is 0. The third-order valence-electron chi connectivity index (χ3n) is 2.99. The molecule has 1 fully saturated rings. The number of pyridine rings is 1. The largest absolute Gasteiger partial charge is 0.383 e. The zero-order chi connectivity index (χ0) is 12.3. The number of nitrogens with two attached hydrogens (primary N) is 1. The third kappa shape index (κ3) is 2.94. The molecular formula is C12H19N5. The monoisotopic (exact) mass is 233 g/mol. The molecule has 2 heterocycles. The average molecular weight is 233 g/mol. The van der Waals surface area contributed by atoms with Crippen LogP contribution in [0.4, 0.5) is 11.5 Å². The molecule has 17 heavy (non-hydrogen) atoms. The van der Waals surface area contributed by atoms with Crippen molar-refractivity contribution in [2.45, 2.75) is 25.8 Å². The van der Waals surface area contributed by atoms with E-state index < -0.39 is 0 Å². The molecule has 0 spiro atoms. The van der Waals surface area contributed by atoms with Crippen molar-refractivity contribution in [2.24, 2.45) is 0 Å². The van der Waals surface area contributed by atoms with Crippen LogP contribution in [0.5, 0.6) is 0 Å². The predicted octanol–water partition coefficient (Wildman–Crippen LogP) is 1.22. The summed E-state index contributed by atoms with van der Waals surface area (Å²) in [5, 5.41) is 14.4. The Kier molecular flexibility index (Phi) is 3.58. The van der Waals surface area contributed by atoms with Gasteiger partial charge in [-0.25, -0.2) is 4.98 Å². The third-order valence-corrected chi connectivity index (χ3v) is 2.99. The van der Waals surface area contributed by atoms with Crippen molar-refractivity contribution >= 4 is 17.2 Å². The van der Waals surface area contributed by atoms with Crippen LogP contribution in [0.25, 0.3) is 0 Å². The fraction of sp³-hybridized carbons (Fsp3) is 0.500. The maximum Gasteiger partial charge on any atom is 0.132 e. The number of nitrogens with zero attached hydrogens (tertiary/aromatic N) is 1. The van der Waals surface area contributed by atoms with Gasteiger partial charge >= 0.3 is 0 Å². The van der Waals surface area contributed by atoms with Gasteiger partial charge in [0.15, 0.2) is 0 Å². The van der Waals surface area contributed by atoms with E-state index in [-0.39, 0.29) is 0 Å². The number of nitrogen functional groups attached to an aromatic ring is 1. The molecular weight excluding hydrogens is 214 g/mol. The molecule has 5 nitrogen and oxygen atoms in total. The first-order valence-corrected chi connectivity index (χ1v) is 5.95. The lowest BCUT2D eigenvalue weighted by Gasteiger charge is -2.24. The number of anilines is 2. The molecule has 0 radical (unpaired) electrons. The SMILES string of the molecule is CC(=N)c1cc(NC2CCCNC2)cnc1N. The van der Waals surface area contributed by atoms with Gasteiger partial charge in [0, 0.05) is 23.9 Å². The summed E-state index contributed by atoms with van der Waals surface area (Å²) in [5.74, 6) is 0.421. The lowest BCUT2D eigenvalue weighted by Crippen LogP contribution is -2.38. The van der Waals surface area contributed by atoms with Gasteiger partial charge in [-0.05, 0) is 32.4 Å². The van der Waals surface area contributed by atoms with Gasteiger partial charge < -0.3 is 21.8 Å². The van der Waals surface area contributed by atoms with E-state index in [1.165, 1.54) is 6.42 Å². The fourth-order valence-electron chi connectivity index (χ4n) is 2.07. The van der Waals surface area contributed by atoms with Gasteiger partial charge in [-0.15, -0.1) is 0 Å². The molecule has 0 aliphatic carbocycles. The minimum Gasteiger partial charge on any atom is -0.383 e. The highest BCUT2D eigenvalue weighted by Gasteiger charge is 2.13. The molecule has 0 amide bonds. The lowest BCUT2D eigenvalue weighted by atomic mass is 10.1. The van der Waals surface area contributed by atoms with E-state index in [2.05, 4.69) is 15.6 Å².